The van der Waals surface area contributed by atoms with Crippen LogP contribution in [-0.2, 0) is 0 Å². The van der Waals surface area contributed by atoms with Crippen molar-refractivity contribution < 1.29 is 4.74 Å². The first-order valence-electron chi connectivity index (χ1n) is 6.66. The number of ether oxygens (including phenoxy) is 1. The second-order valence-corrected chi connectivity index (χ2v) is 4.88. The number of likely N-dealkylation sites (N-methyl/N-ethyl adjacent to an activating group) is 2. The molecule has 1 aromatic carbocycles. The highest BCUT2D eigenvalue weighted by atomic mass is 16.5. The third kappa shape index (κ3) is 5.52. The molecule has 18 heavy (non-hydrogen) atoms. The molecule has 0 aliphatic rings. The van der Waals surface area contributed by atoms with Gasteiger partial charge in [-0.3, -0.25) is 0 Å². The van der Waals surface area contributed by atoms with Crippen LogP contribution >= 0.6 is 0 Å². The minimum atomic E-state index is 0.786. The maximum Gasteiger partial charge on any atom is 0.122 e. The average Bonchev–Trinajstić information content (AvgIpc) is 2.36. The van der Waals surface area contributed by atoms with Crippen LogP contribution in [0.5, 0.6) is 5.75 Å². The van der Waals surface area contributed by atoms with Crippen molar-refractivity contribution in [3.05, 3.63) is 29.3 Å². The number of rotatable bonds is 8. The zero-order valence-electron chi connectivity index (χ0n) is 12.1. The topological polar surface area (TPSA) is 24.5 Å². The van der Waals surface area contributed by atoms with Crippen molar-refractivity contribution in [3.8, 4) is 5.75 Å². The Kier molecular flexibility index (Phi) is 6.76. The van der Waals surface area contributed by atoms with Gasteiger partial charge in [-0.15, -0.1) is 0 Å². The third-order valence-corrected chi connectivity index (χ3v) is 3.03. The highest BCUT2D eigenvalue weighted by Gasteiger charge is 2.01. The first-order valence-corrected chi connectivity index (χ1v) is 6.66. The maximum absolute atomic E-state index is 5.83. The molecule has 0 aliphatic heterocycles. The molecule has 0 bridgehead atoms. The second kappa shape index (κ2) is 8.11. The quantitative estimate of drug-likeness (QED) is 0.716. The summed E-state index contributed by atoms with van der Waals surface area (Å²) in [5.74, 6) is 1.02. The number of hydrogen-bond donors (Lipinski definition) is 1. The van der Waals surface area contributed by atoms with Crippen molar-refractivity contribution in [2.75, 3.05) is 40.3 Å². The van der Waals surface area contributed by atoms with E-state index >= 15 is 0 Å². The van der Waals surface area contributed by atoms with Gasteiger partial charge in [-0.05, 0) is 51.6 Å². The van der Waals surface area contributed by atoms with Crippen LogP contribution in [0.4, 0.5) is 0 Å². The molecule has 3 heteroatoms. The highest BCUT2D eigenvalue weighted by Crippen LogP contribution is 2.19. The molecular weight excluding hydrogens is 224 g/mol. The minimum absolute atomic E-state index is 0.786. The Hall–Kier alpha value is -1.06. The van der Waals surface area contributed by atoms with E-state index < -0.39 is 0 Å². The van der Waals surface area contributed by atoms with Crippen molar-refractivity contribution >= 4 is 0 Å². The molecule has 0 spiro atoms. The zero-order chi connectivity index (χ0) is 13.4. The van der Waals surface area contributed by atoms with Gasteiger partial charge in [0.1, 0.15) is 5.75 Å². The fourth-order valence-corrected chi connectivity index (χ4v) is 1.79. The van der Waals surface area contributed by atoms with E-state index in [4.69, 9.17) is 4.74 Å². The van der Waals surface area contributed by atoms with Crippen molar-refractivity contribution in [3.63, 3.8) is 0 Å². The Balaban J connectivity index is 2.23. The van der Waals surface area contributed by atoms with Gasteiger partial charge in [0.25, 0.3) is 0 Å². The van der Waals surface area contributed by atoms with Gasteiger partial charge in [-0.2, -0.15) is 0 Å². The summed E-state index contributed by atoms with van der Waals surface area (Å²) in [6.45, 7) is 8.17. The molecule has 1 rings (SSSR count). The van der Waals surface area contributed by atoms with E-state index in [0.717, 1.165) is 38.4 Å². The predicted octanol–water partition coefficient (Wildman–Crippen LogP) is 2.22. The monoisotopic (exact) mass is 250 g/mol. The van der Waals surface area contributed by atoms with Gasteiger partial charge in [-0.25, -0.2) is 0 Å². The summed E-state index contributed by atoms with van der Waals surface area (Å²) >= 11 is 0. The predicted molar refractivity (Wildman–Crippen MR) is 77.5 cm³/mol. The van der Waals surface area contributed by atoms with Crippen LogP contribution in [0.3, 0.4) is 0 Å². The maximum atomic E-state index is 5.83. The Morgan fingerprint density at radius 3 is 2.72 bits per heavy atom. The van der Waals surface area contributed by atoms with Crippen molar-refractivity contribution in [1.29, 1.82) is 0 Å². The lowest BCUT2D eigenvalue weighted by Crippen LogP contribution is -2.28. The van der Waals surface area contributed by atoms with E-state index in [1.807, 2.05) is 7.05 Å². The molecule has 0 fully saturated rings. The number of nitrogens with one attached hydrogen (secondary N) is 1. The van der Waals surface area contributed by atoms with E-state index in [9.17, 15) is 0 Å². The second-order valence-electron chi connectivity index (χ2n) is 4.88. The van der Waals surface area contributed by atoms with Crippen LogP contribution in [0, 0.1) is 13.8 Å². The molecule has 1 N–H and O–H groups in total. The summed E-state index contributed by atoms with van der Waals surface area (Å²) in [4.78, 5) is 2.32. The summed E-state index contributed by atoms with van der Waals surface area (Å²) in [6, 6.07) is 6.34. The lowest BCUT2D eigenvalue weighted by Gasteiger charge is -2.16. The summed E-state index contributed by atoms with van der Waals surface area (Å²) < 4.78 is 5.83. The number of hydrogen-bond acceptors (Lipinski definition) is 3. The van der Waals surface area contributed by atoms with Crippen LogP contribution in [0.2, 0.25) is 0 Å². The van der Waals surface area contributed by atoms with Gasteiger partial charge in [0.05, 0.1) is 6.61 Å². The van der Waals surface area contributed by atoms with Gasteiger partial charge >= 0.3 is 0 Å². The minimum Gasteiger partial charge on any atom is -0.493 e. The number of nitrogens with zero attached hydrogens (tertiary/aromatic N) is 1. The average molecular weight is 250 g/mol. The fourth-order valence-electron chi connectivity index (χ4n) is 1.79. The normalized spacial score (nSPS) is 10.9. The molecule has 0 aromatic heterocycles. The van der Waals surface area contributed by atoms with Crippen LogP contribution in [0.25, 0.3) is 0 Å². The third-order valence-electron chi connectivity index (χ3n) is 3.03. The molecule has 0 radical (unpaired) electrons. The summed E-state index contributed by atoms with van der Waals surface area (Å²) in [5.41, 5.74) is 2.46. The molecule has 0 heterocycles. The highest BCUT2D eigenvalue weighted by molar-refractivity contribution is 5.35. The first-order chi connectivity index (χ1) is 8.63. The van der Waals surface area contributed by atoms with Crippen molar-refractivity contribution in [1.82, 2.24) is 10.2 Å². The van der Waals surface area contributed by atoms with Crippen LogP contribution in [0.1, 0.15) is 17.5 Å². The molecule has 0 aliphatic carbocycles. The Morgan fingerprint density at radius 1 is 1.22 bits per heavy atom. The van der Waals surface area contributed by atoms with E-state index in [-0.39, 0.29) is 0 Å². The van der Waals surface area contributed by atoms with Gasteiger partial charge in [0.2, 0.25) is 0 Å². The van der Waals surface area contributed by atoms with E-state index in [1.165, 1.54) is 11.1 Å². The van der Waals surface area contributed by atoms with Crippen LogP contribution in [-0.4, -0.2) is 45.2 Å². The molecular formula is C15H26N2O. The summed E-state index contributed by atoms with van der Waals surface area (Å²) in [5, 5.41) is 3.16. The molecule has 0 atom stereocenters. The molecule has 0 saturated carbocycles. The SMILES string of the molecule is CNCCN(C)CCCOc1cc(C)ccc1C. The molecule has 3 nitrogen and oxygen atoms in total. The fraction of sp³-hybridized carbons (Fsp3) is 0.600. The first kappa shape index (κ1) is 15.0. The molecule has 1 aromatic rings. The Bertz CT molecular complexity index is 352. The molecule has 0 unspecified atom stereocenters. The van der Waals surface area contributed by atoms with Crippen molar-refractivity contribution in [2.45, 2.75) is 20.3 Å². The lowest BCUT2D eigenvalue weighted by atomic mass is 10.1. The summed E-state index contributed by atoms with van der Waals surface area (Å²) in [6.07, 6.45) is 1.06. The van der Waals surface area contributed by atoms with Crippen molar-refractivity contribution in [2.24, 2.45) is 0 Å². The number of benzene rings is 1. The van der Waals surface area contributed by atoms with E-state index in [2.05, 4.69) is 49.3 Å². The largest absolute Gasteiger partial charge is 0.493 e. The number of aryl methyl sites for hydroxylation is 2. The lowest BCUT2D eigenvalue weighted by molar-refractivity contribution is 0.262. The standard InChI is InChI=1S/C15H26N2O/c1-13-6-7-14(2)15(12-13)18-11-5-9-17(4)10-8-16-3/h6-7,12,16H,5,8-11H2,1-4H3. The van der Waals surface area contributed by atoms with Gasteiger partial charge < -0.3 is 15.0 Å². The zero-order valence-corrected chi connectivity index (χ0v) is 12.1. The molecule has 0 saturated heterocycles. The summed E-state index contributed by atoms with van der Waals surface area (Å²) in [7, 11) is 4.13. The Morgan fingerprint density at radius 2 is 2.00 bits per heavy atom. The van der Waals surface area contributed by atoms with Gasteiger partial charge in [-0.1, -0.05) is 12.1 Å². The Labute approximate surface area is 111 Å². The van der Waals surface area contributed by atoms with Gasteiger partial charge in [0, 0.05) is 19.6 Å². The molecule has 0 amide bonds. The van der Waals surface area contributed by atoms with Crippen LogP contribution in [0.15, 0.2) is 18.2 Å². The smallest absolute Gasteiger partial charge is 0.122 e. The van der Waals surface area contributed by atoms with Gasteiger partial charge in [0.15, 0.2) is 0 Å². The van der Waals surface area contributed by atoms with E-state index in [0.29, 0.717) is 0 Å². The van der Waals surface area contributed by atoms with Crippen LogP contribution < -0.4 is 10.1 Å². The van der Waals surface area contributed by atoms with E-state index in [1.54, 1.807) is 0 Å². The molecule has 102 valence electrons.